The molecule has 220 valence electrons. The van der Waals surface area contributed by atoms with Crippen LogP contribution in [0, 0.1) is 0 Å². The van der Waals surface area contributed by atoms with Crippen molar-refractivity contribution in [1.82, 2.24) is 4.57 Å². The van der Waals surface area contributed by atoms with Gasteiger partial charge in [0.1, 0.15) is 11.3 Å². The lowest BCUT2D eigenvalue weighted by atomic mass is 9.81. The molecule has 0 atom stereocenters. The normalized spacial score (nSPS) is 14.7. The fourth-order valence-corrected chi connectivity index (χ4v) is 6.97. The monoisotopic (exact) mass is 599 g/mol. The predicted molar refractivity (Wildman–Crippen MR) is 195 cm³/mol. The van der Waals surface area contributed by atoms with Gasteiger partial charge in [-0.3, -0.25) is 0 Å². The van der Waals surface area contributed by atoms with Crippen molar-refractivity contribution in [3.8, 4) is 27.9 Å². The van der Waals surface area contributed by atoms with Gasteiger partial charge in [-0.05, 0) is 63.0 Å². The average molecular weight is 600 g/mol. The third kappa shape index (κ3) is 3.90. The van der Waals surface area contributed by atoms with Gasteiger partial charge in [-0.2, -0.15) is 0 Å². The Morgan fingerprint density at radius 1 is 0.522 bits per heavy atom. The fraction of sp³-hybridized carbons (Fsp3) is 0.0909. The first kappa shape index (κ1) is 19.7. The Balaban J connectivity index is 1.56. The minimum Gasteiger partial charge on any atom is -0.460 e. The number of para-hydroxylation sites is 2. The van der Waals surface area contributed by atoms with E-state index in [0.29, 0.717) is 33.4 Å². The summed E-state index contributed by atoms with van der Waals surface area (Å²) in [6.45, 7) is 5.99. The molecular formula is C44H33NO. The van der Waals surface area contributed by atoms with E-state index in [1.165, 1.54) is 0 Å². The maximum atomic E-state index is 9.48. The van der Waals surface area contributed by atoms with Gasteiger partial charge in [0.15, 0.2) is 0 Å². The minimum absolute atomic E-state index is 0.160. The second kappa shape index (κ2) is 9.95. The largest absolute Gasteiger partial charge is 0.460 e. The first-order chi connectivity index (χ1) is 25.8. The molecule has 0 bridgehead atoms. The number of fused-ring (bicyclic) bond motifs is 6. The van der Waals surface area contributed by atoms with Crippen LogP contribution >= 0.6 is 0 Å². The molecule has 0 amide bonds. The van der Waals surface area contributed by atoms with E-state index in [1.54, 1.807) is 24.3 Å². The Morgan fingerprint density at radius 3 is 1.61 bits per heavy atom. The summed E-state index contributed by atoms with van der Waals surface area (Å²) < 4.78 is 81.9. The molecule has 0 aliphatic rings. The highest BCUT2D eigenvalue weighted by Crippen LogP contribution is 2.49. The Bertz CT molecular complexity index is 2930. The molecule has 7 aromatic carbocycles. The van der Waals surface area contributed by atoms with E-state index in [4.69, 9.17) is 9.90 Å². The average Bonchev–Trinajstić information content (AvgIpc) is 3.73. The van der Waals surface area contributed by atoms with Gasteiger partial charge in [-0.1, -0.05) is 136 Å². The van der Waals surface area contributed by atoms with Gasteiger partial charge in [0, 0.05) is 38.4 Å². The molecule has 2 heterocycles. The maximum absolute atomic E-state index is 9.48. The topological polar surface area (TPSA) is 18.1 Å². The van der Waals surface area contributed by atoms with E-state index in [1.807, 2.05) is 69.3 Å². The molecule has 0 fully saturated rings. The second-order valence-corrected chi connectivity index (χ2v) is 12.7. The molecule has 0 saturated heterocycles. The van der Waals surface area contributed by atoms with Gasteiger partial charge in [-0.15, -0.1) is 0 Å². The Hall–Kier alpha value is -5.60. The summed E-state index contributed by atoms with van der Waals surface area (Å²) in [5, 5.41) is 3.50. The van der Waals surface area contributed by atoms with Gasteiger partial charge in [0.25, 0.3) is 0 Å². The summed E-state index contributed by atoms with van der Waals surface area (Å²) in [4.78, 5) is 0. The molecule has 9 aromatic rings. The van der Waals surface area contributed by atoms with Gasteiger partial charge < -0.3 is 8.98 Å². The van der Waals surface area contributed by atoms with Crippen LogP contribution in [0.25, 0.3) is 82.3 Å². The van der Waals surface area contributed by atoms with Gasteiger partial charge >= 0.3 is 0 Å². The first-order valence-corrected chi connectivity index (χ1v) is 15.4. The quantitative estimate of drug-likeness (QED) is 0.185. The van der Waals surface area contributed by atoms with E-state index in [2.05, 4.69) is 28.8 Å². The van der Waals surface area contributed by atoms with Gasteiger partial charge in [-0.25, -0.2) is 0 Å². The van der Waals surface area contributed by atoms with Crippen molar-refractivity contribution in [1.29, 1.82) is 0 Å². The number of nitrogens with zero attached hydrogens (tertiary/aromatic N) is 1. The van der Waals surface area contributed by atoms with Crippen LogP contribution in [0.5, 0.6) is 0 Å². The summed E-state index contributed by atoms with van der Waals surface area (Å²) >= 11 is 0. The van der Waals surface area contributed by atoms with Crippen molar-refractivity contribution in [2.45, 2.75) is 26.2 Å². The molecule has 46 heavy (non-hydrogen) atoms. The molecule has 2 nitrogen and oxygen atoms in total. The summed E-state index contributed by atoms with van der Waals surface area (Å²) in [6.07, 6.45) is 0. The lowest BCUT2D eigenvalue weighted by Crippen LogP contribution is -2.11. The summed E-state index contributed by atoms with van der Waals surface area (Å²) in [5.41, 5.74) is 4.42. The van der Waals surface area contributed by atoms with E-state index < -0.39 is 29.6 Å². The zero-order chi connectivity index (χ0) is 38.0. The number of aromatic nitrogens is 1. The van der Waals surface area contributed by atoms with Crippen molar-refractivity contribution in [2.75, 3.05) is 0 Å². The van der Waals surface area contributed by atoms with E-state index in [-0.39, 0.29) is 51.3 Å². The fourth-order valence-electron chi connectivity index (χ4n) is 6.97. The molecule has 2 heteroatoms. The molecule has 0 radical (unpaired) electrons. The van der Waals surface area contributed by atoms with Crippen LogP contribution in [-0.4, -0.2) is 4.57 Å². The Labute approximate surface area is 279 Å². The Morgan fingerprint density at radius 2 is 1.04 bits per heavy atom. The molecule has 0 aliphatic heterocycles. The smallest absolute Gasteiger partial charge is 0.135 e. The van der Waals surface area contributed by atoms with Crippen LogP contribution in [0.1, 0.15) is 37.5 Å². The molecule has 0 unspecified atom stereocenters. The SMILES string of the molecule is [2H]c1c([2H])c([2H])c2c(-c3c(C(C)(C)C)oc4ccc(-n5c6ccccc6c6ccccc65)cc34)c3c([2H])c([2H])c([2H])c([2H])c3c(-c3ccccc3)c2c1[2H]. The van der Waals surface area contributed by atoms with Crippen molar-refractivity contribution >= 4 is 54.3 Å². The third-order valence-corrected chi connectivity index (χ3v) is 8.88. The van der Waals surface area contributed by atoms with Crippen LogP contribution in [0.3, 0.4) is 0 Å². The zero-order valence-corrected chi connectivity index (χ0v) is 25.6. The molecular weight excluding hydrogens is 558 g/mol. The summed E-state index contributed by atoms with van der Waals surface area (Å²) in [7, 11) is 0. The highest BCUT2D eigenvalue weighted by Gasteiger charge is 2.29. The lowest BCUT2D eigenvalue weighted by Gasteiger charge is -2.21. The van der Waals surface area contributed by atoms with Crippen molar-refractivity contribution in [2.24, 2.45) is 0 Å². The summed E-state index contributed by atoms with van der Waals surface area (Å²) in [5.74, 6) is 0.520. The van der Waals surface area contributed by atoms with Crippen LogP contribution in [0.2, 0.25) is 0 Å². The molecule has 2 aromatic heterocycles. The van der Waals surface area contributed by atoms with Crippen molar-refractivity contribution < 1.29 is 15.4 Å². The van der Waals surface area contributed by atoms with Gasteiger partial charge in [0.05, 0.1) is 22.0 Å². The third-order valence-electron chi connectivity index (χ3n) is 8.88. The predicted octanol–water partition coefficient (Wildman–Crippen LogP) is 12.5. The lowest BCUT2D eigenvalue weighted by molar-refractivity contribution is 0.432. The van der Waals surface area contributed by atoms with Crippen molar-refractivity contribution in [3.05, 3.63) is 151 Å². The molecule has 9 rings (SSSR count). The molecule has 0 aliphatic carbocycles. The number of furan rings is 1. The number of benzene rings is 7. The maximum Gasteiger partial charge on any atom is 0.135 e. The van der Waals surface area contributed by atoms with E-state index in [0.717, 1.165) is 27.5 Å². The highest BCUT2D eigenvalue weighted by molar-refractivity contribution is 6.24. The van der Waals surface area contributed by atoms with E-state index >= 15 is 0 Å². The van der Waals surface area contributed by atoms with Crippen LogP contribution in [0.4, 0.5) is 0 Å². The second-order valence-electron chi connectivity index (χ2n) is 12.7. The van der Waals surface area contributed by atoms with Crippen LogP contribution in [-0.2, 0) is 5.41 Å². The van der Waals surface area contributed by atoms with Crippen LogP contribution < -0.4 is 0 Å². The molecule has 0 spiro atoms. The minimum atomic E-state index is -0.644. The number of hydrogen-bond acceptors (Lipinski definition) is 1. The first-order valence-electron chi connectivity index (χ1n) is 19.4. The molecule has 0 saturated carbocycles. The van der Waals surface area contributed by atoms with Crippen LogP contribution in [0.15, 0.2) is 150 Å². The number of hydrogen-bond donors (Lipinski definition) is 0. The highest BCUT2D eigenvalue weighted by atomic mass is 16.3. The summed E-state index contributed by atoms with van der Waals surface area (Å²) in [6, 6.07) is 28.4. The Kier molecular flexibility index (Phi) is 4.27. The standard InChI is InChI=1S/C44H33NO/c1-44(2,3)43-42(41-34-21-9-7-19-32(34)40(28-15-5-4-6-16-28)33-20-8-10-22-35(33)41)36-27-29(25-26-39(36)46-43)45-37-23-13-11-17-30(37)31-18-12-14-24-38(31)45/h4-27H,1-3H3/i7D,8D,9D,10D,19D,20D,21D,22D. The molecule has 0 N–H and O–H groups in total. The van der Waals surface area contributed by atoms with Crippen molar-refractivity contribution in [3.63, 3.8) is 0 Å². The van der Waals surface area contributed by atoms with Gasteiger partial charge in [0.2, 0.25) is 0 Å². The number of rotatable bonds is 3. The van der Waals surface area contributed by atoms with E-state index in [9.17, 15) is 5.48 Å². The zero-order valence-electron chi connectivity index (χ0n) is 33.6.